The summed E-state index contributed by atoms with van der Waals surface area (Å²) in [5.41, 5.74) is 6.21. The second kappa shape index (κ2) is 6.82. The molecule has 0 amide bonds. The van der Waals surface area contributed by atoms with Gasteiger partial charge in [-0.2, -0.15) is 10.2 Å². The average Bonchev–Trinajstić information content (AvgIpc) is 3.27. The van der Waals surface area contributed by atoms with Crippen molar-refractivity contribution in [3.8, 4) is 11.3 Å². The first-order valence-electron chi connectivity index (χ1n) is 9.59. The van der Waals surface area contributed by atoms with Gasteiger partial charge in [0.2, 0.25) is 5.56 Å². The van der Waals surface area contributed by atoms with Gasteiger partial charge in [0, 0.05) is 61.0 Å². The van der Waals surface area contributed by atoms with Gasteiger partial charge in [0.25, 0.3) is 0 Å². The van der Waals surface area contributed by atoms with E-state index in [-0.39, 0.29) is 11.6 Å². The number of H-pyrrole nitrogens is 2. The number of nitrogens with one attached hydrogen (secondary N) is 3. The van der Waals surface area contributed by atoms with Gasteiger partial charge in [-0.15, -0.1) is 0 Å². The largest absolute Gasteiger partial charge is 0.329 e. The standard InChI is InChI=1S/C21H21N7O/c1-12-16-9-24-21(29)8-14(16)19-7-15-18(25-26-20(15)10-23-19)4-3-13-11-28(2)27-17(13)5-6-22-12/h3-4,7-12,22H,5-6H2,1-2H3,(H,24,29)(H,25,26)/b4-3+/t12-/m1/s1. The van der Waals surface area contributed by atoms with Crippen LogP contribution in [-0.2, 0) is 13.5 Å². The van der Waals surface area contributed by atoms with Gasteiger partial charge in [-0.05, 0) is 30.7 Å². The van der Waals surface area contributed by atoms with Gasteiger partial charge in [-0.3, -0.25) is 19.6 Å². The molecule has 0 radical (unpaired) electrons. The normalized spacial score (nSPS) is 17.7. The van der Waals surface area contributed by atoms with E-state index in [9.17, 15) is 4.79 Å². The molecule has 2 bridgehead atoms. The highest BCUT2D eigenvalue weighted by Crippen LogP contribution is 2.29. The molecular formula is C21H21N7O. The molecule has 0 aliphatic carbocycles. The first-order valence-corrected chi connectivity index (χ1v) is 9.59. The maximum absolute atomic E-state index is 12.0. The molecular weight excluding hydrogens is 366 g/mol. The molecule has 8 heteroatoms. The second-order valence-electron chi connectivity index (χ2n) is 7.35. The molecule has 3 N–H and O–H groups in total. The van der Waals surface area contributed by atoms with Gasteiger partial charge in [0.15, 0.2) is 0 Å². The molecule has 0 spiro atoms. The van der Waals surface area contributed by atoms with Crippen LogP contribution in [0.4, 0.5) is 0 Å². The lowest BCUT2D eigenvalue weighted by molar-refractivity contribution is 0.570. The van der Waals surface area contributed by atoms with Gasteiger partial charge >= 0.3 is 0 Å². The lowest BCUT2D eigenvalue weighted by Crippen LogP contribution is -2.23. The number of hydrogen-bond donors (Lipinski definition) is 3. The third kappa shape index (κ3) is 3.17. The Balaban J connectivity index is 1.73. The Hall–Kier alpha value is -3.52. The van der Waals surface area contributed by atoms with Gasteiger partial charge in [-0.1, -0.05) is 0 Å². The number of fused-ring (bicyclic) bond motifs is 4. The Labute approximate surface area is 166 Å². The van der Waals surface area contributed by atoms with Crippen LogP contribution in [0.2, 0.25) is 0 Å². The fourth-order valence-corrected chi connectivity index (χ4v) is 3.85. The summed E-state index contributed by atoms with van der Waals surface area (Å²) < 4.78 is 1.83. The number of nitrogens with zero attached hydrogens (tertiary/aromatic N) is 4. The Morgan fingerprint density at radius 3 is 3.03 bits per heavy atom. The zero-order chi connectivity index (χ0) is 20.0. The van der Waals surface area contributed by atoms with E-state index < -0.39 is 0 Å². The van der Waals surface area contributed by atoms with Crippen LogP contribution in [0.3, 0.4) is 0 Å². The number of aromatic amines is 2. The molecule has 8 nitrogen and oxygen atoms in total. The van der Waals surface area contributed by atoms with E-state index in [4.69, 9.17) is 0 Å². The van der Waals surface area contributed by atoms with E-state index in [1.165, 1.54) is 0 Å². The molecule has 0 saturated heterocycles. The fraction of sp³-hybridized carbons (Fsp3) is 0.238. The van der Waals surface area contributed by atoms with Crippen LogP contribution in [0.15, 0.2) is 35.5 Å². The first-order chi connectivity index (χ1) is 14.1. The van der Waals surface area contributed by atoms with E-state index in [2.05, 4.69) is 37.5 Å². The maximum atomic E-state index is 12.0. The van der Waals surface area contributed by atoms with Crippen LogP contribution in [-0.4, -0.2) is 36.5 Å². The number of aryl methyl sites for hydroxylation is 1. The van der Waals surface area contributed by atoms with Crippen LogP contribution in [0.5, 0.6) is 0 Å². The minimum atomic E-state index is -0.149. The van der Waals surface area contributed by atoms with E-state index in [1.807, 2.05) is 36.1 Å². The molecule has 5 heterocycles. The number of aromatic nitrogens is 6. The highest BCUT2D eigenvalue weighted by atomic mass is 16.1. The van der Waals surface area contributed by atoms with Crippen LogP contribution >= 0.6 is 0 Å². The third-order valence-electron chi connectivity index (χ3n) is 5.35. The topological polar surface area (TPSA) is 104 Å². The summed E-state index contributed by atoms with van der Waals surface area (Å²) in [6.45, 7) is 2.85. The molecule has 1 aliphatic heterocycles. The lowest BCUT2D eigenvalue weighted by Gasteiger charge is -2.17. The van der Waals surface area contributed by atoms with Gasteiger partial charge in [0.05, 0.1) is 28.8 Å². The molecule has 1 aliphatic rings. The van der Waals surface area contributed by atoms with Gasteiger partial charge < -0.3 is 10.3 Å². The van der Waals surface area contributed by atoms with Crippen molar-refractivity contribution >= 4 is 23.1 Å². The Morgan fingerprint density at radius 2 is 2.14 bits per heavy atom. The molecule has 0 unspecified atom stereocenters. The number of hydrogen-bond acceptors (Lipinski definition) is 5. The average molecular weight is 387 g/mol. The van der Waals surface area contributed by atoms with Crippen molar-refractivity contribution in [1.82, 2.24) is 35.3 Å². The van der Waals surface area contributed by atoms with E-state index in [0.717, 1.165) is 57.6 Å². The smallest absolute Gasteiger partial charge is 0.248 e. The molecule has 0 aromatic carbocycles. The molecule has 4 aromatic heterocycles. The molecule has 29 heavy (non-hydrogen) atoms. The minimum absolute atomic E-state index is 0.0359. The molecule has 5 rings (SSSR count). The van der Waals surface area contributed by atoms with E-state index >= 15 is 0 Å². The summed E-state index contributed by atoms with van der Waals surface area (Å²) in [6.07, 6.45) is 10.4. The van der Waals surface area contributed by atoms with E-state index in [1.54, 1.807) is 18.5 Å². The number of pyridine rings is 2. The van der Waals surface area contributed by atoms with Crippen molar-refractivity contribution in [3.63, 3.8) is 0 Å². The zero-order valence-corrected chi connectivity index (χ0v) is 16.2. The number of rotatable bonds is 0. The van der Waals surface area contributed by atoms with Crippen LogP contribution in [0, 0.1) is 0 Å². The van der Waals surface area contributed by atoms with Crippen molar-refractivity contribution < 1.29 is 0 Å². The molecule has 0 fully saturated rings. The predicted octanol–water partition coefficient (Wildman–Crippen LogP) is 2.42. The summed E-state index contributed by atoms with van der Waals surface area (Å²) in [5, 5.41) is 16.6. The maximum Gasteiger partial charge on any atom is 0.248 e. The summed E-state index contributed by atoms with van der Waals surface area (Å²) in [5.74, 6) is 0. The van der Waals surface area contributed by atoms with Gasteiger partial charge in [-0.25, -0.2) is 0 Å². The monoisotopic (exact) mass is 387 g/mol. The summed E-state index contributed by atoms with van der Waals surface area (Å²) >= 11 is 0. The lowest BCUT2D eigenvalue weighted by atomic mass is 9.99. The summed E-state index contributed by atoms with van der Waals surface area (Å²) in [4.78, 5) is 19.4. The predicted molar refractivity (Wildman–Crippen MR) is 112 cm³/mol. The summed E-state index contributed by atoms with van der Waals surface area (Å²) in [6, 6.07) is 3.63. The van der Waals surface area contributed by atoms with Crippen molar-refractivity contribution in [2.45, 2.75) is 19.4 Å². The highest BCUT2D eigenvalue weighted by molar-refractivity contribution is 5.91. The Morgan fingerprint density at radius 1 is 1.24 bits per heavy atom. The van der Waals surface area contributed by atoms with Crippen molar-refractivity contribution in [2.24, 2.45) is 7.05 Å². The molecule has 0 saturated carbocycles. The quantitative estimate of drug-likeness (QED) is 0.430. The molecule has 1 atom stereocenters. The Kier molecular flexibility index (Phi) is 4.13. The van der Waals surface area contributed by atoms with Crippen molar-refractivity contribution in [1.29, 1.82) is 0 Å². The SMILES string of the molecule is C[C@H]1NCCc2nn(C)cc2/C=C/c2n[nH]c3cnc(cc23)-c2cc(=O)[nH]cc21. The molecule has 4 aromatic rings. The molecule has 146 valence electrons. The van der Waals surface area contributed by atoms with Crippen molar-refractivity contribution in [3.05, 3.63) is 63.6 Å². The van der Waals surface area contributed by atoms with Crippen LogP contribution in [0.1, 0.15) is 35.5 Å². The summed E-state index contributed by atoms with van der Waals surface area (Å²) in [7, 11) is 1.93. The minimum Gasteiger partial charge on any atom is -0.329 e. The van der Waals surface area contributed by atoms with Crippen LogP contribution < -0.4 is 10.9 Å². The third-order valence-corrected chi connectivity index (χ3v) is 5.35. The van der Waals surface area contributed by atoms with Gasteiger partial charge in [0.1, 0.15) is 0 Å². The van der Waals surface area contributed by atoms with Crippen LogP contribution in [0.25, 0.3) is 34.3 Å². The van der Waals surface area contributed by atoms with E-state index in [0.29, 0.717) is 0 Å². The zero-order valence-electron chi connectivity index (χ0n) is 16.2. The van der Waals surface area contributed by atoms with Crippen molar-refractivity contribution in [2.75, 3.05) is 6.54 Å². The highest BCUT2D eigenvalue weighted by Gasteiger charge is 2.16. The Bertz CT molecular complexity index is 1290. The second-order valence-corrected chi connectivity index (χ2v) is 7.35. The fourth-order valence-electron chi connectivity index (χ4n) is 3.85. The first kappa shape index (κ1) is 17.6.